The Morgan fingerprint density at radius 2 is 0.948 bits per heavy atom. The minimum absolute atomic E-state index is 0.0132. The fourth-order valence-electron chi connectivity index (χ4n) is 7.99. The van der Waals surface area contributed by atoms with E-state index in [1.165, 1.54) is 89.9 Å². The summed E-state index contributed by atoms with van der Waals surface area (Å²) in [5.41, 5.74) is -0.0621. The summed E-state index contributed by atoms with van der Waals surface area (Å²) in [4.78, 5) is 51.5. The molecule has 1 aromatic carbocycles. The van der Waals surface area contributed by atoms with Gasteiger partial charge in [0, 0.05) is 26.4 Å². The van der Waals surface area contributed by atoms with Crippen molar-refractivity contribution < 1.29 is 19.1 Å². The number of rotatable bonds is 43. The molecule has 1 rings (SSSR count). The molecular weight excluding hydrogens is 727 g/mol. The molecule has 58 heavy (non-hydrogen) atoms. The lowest BCUT2D eigenvalue weighted by atomic mass is 9.96. The number of esters is 2. The third kappa shape index (κ3) is 27.4. The first-order chi connectivity index (χ1) is 28.3. The summed E-state index contributed by atoms with van der Waals surface area (Å²) in [6, 6.07) is 0. The normalized spacial score (nSPS) is 11.7. The maximum atomic E-state index is 12.7. The van der Waals surface area contributed by atoms with Crippen LogP contribution in [0.25, 0.3) is 0 Å². The van der Waals surface area contributed by atoms with Gasteiger partial charge < -0.3 is 25.0 Å². The molecule has 0 heterocycles. The average Bonchev–Trinajstić information content (AvgIpc) is 3.22. The quantitative estimate of drug-likeness (QED) is 0.0378. The molecule has 2 N–H and O–H groups in total. The van der Waals surface area contributed by atoms with Crippen LogP contribution in [0, 0.1) is 5.92 Å². The van der Waals surface area contributed by atoms with Gasteiger partial charge in [-0.3, -0.25) is 19.2 Å². The summed E-state index contributed by atoms with van der Waals surface area (Å²) in [5.74, 6) is 0.467. The van der Waals surface area contributed by atoms with Crippen molar-refractivity contribution in [1.29, 1.82) is 0 Å². The van der Waals surface area contributed by atoms with Crippen LogP contribution in [0.15, 0.2) is 9.59 Å². The van der Waals surface area contributed by atoms with Gasteiger partial charge in [0.2, 0.25) is 0 Å². The second-order valence-corrected chi connectivity index (χ2v) is 17.2. The number of hydrogen-bond donors (Lipinski definition) is 2. The van der Waals surface area contributed by atoms with Gasteiger partial charge in [-0.1, -0.05) is 143 Å². The molecule has 0 aromatic heterocycles. The lowest BCUT2D eigenvalue weighted by Crippen LogP contribution is -2.37. The van der Waals surface area contributed by atoms with Crippen molar-refractivity contribution in [2.45, 2.75) is 233 Å². The molecule has 0 aliphatic heterocycles. The molecule has 0 fully saturated rings. The topological polar surface area (TPSA) is 114 Å². The second-order valence-electron chi connectivity index (χ2n) is 17.2. The van der Waals surface area contributed by atoms with Crippen LogP contribution in [0.1, 0.15) is 227 Å². The van der Waals surface area contributed by atoms with Crippen molar-refractivity contribution in [2.75, 3.05) is 50.5 Å². The van der Waals surface area contributed by atoms with Gasteiger partial charge in [0.25, 0.3) is 10.9 Å². The van der Waals surface area contributed by atoms with Gasteiger partial charge >= 0.3 is 11.9 Å². The highest BCUT2D eigenvalue weighted by Crippen LogP contribution is 2.20. The van der Waals surface area contributed by atoms with Gasteiger partial charge in [-0.15, -0.1) is 0 Å². The fourth-order valence-corrected chi connectivity index (χ4v) is 7.99. The van der Waals surface area contributed by atoms with Gasteiger partial charge in [-0.25, -0.2) is 0 Å². The summed E-state index contributed by atoms with van der Waals surface area (Å²) in [7, 11) is 1.67. The Bertz CT molecular complexity index is 1180. The van der Waals surface area contributed by atoms with E-state index < -0.39 is 10.9 Å². The van der Waals surface area contributed by atoms with E-state index in [2.05, 4.69) is 43.2 Å². The van der Waals surface area contributed by atoms with Crippen LogP contribution >= 0.6 is 0 Å². The van der Waals surface area contributed by atoms with Gasteiger partial charge in [-0.2, -0.15) is 0 Å². The Morgan fingerprint density at radius 3 is 1.48 bits per heavy atom. The lowest BCUT2D eigenvalue weighted by molar-refractivity contribution is -0.150. The molecule has 0 saturated heterocycles. The van der Waals surface area contributed by atoms with Crippen molar-refractivity contribution in [3.63, 3.8) is 0 Å². The standard InChI is InChI=1S/C49H91N3O6/c1-6-10-14-24-33-43(34-25-15-11-7-2)58-45(54)36-27-19-17-21-29-39-52(40-30-37-51-47-46(50-5)48(55)49(47)56)38-28-20-16-18-26-35-44(53)57-41-42(31-22-12-8-3)32-23-13-9-4/h42-43,50-51H,6-41H2,1-5H3. The predicted octanol–water partition coefficient (Wildman–Crippen LogP) is 12.3. The van der Waals surface area contributed by atoms with Crippen LogP contribution in [0.4, 0.5) is 11.4 Å². The maximum Gasteiger partial charge on any atom is 0.306 e. The first kappa shape index (κ1) is 53.6. The van der Waals surface area contributed by atoms with Crippen LogP contribution in [0.3, 0.4) is 0 Å². The Hall–Kier alpha value is -2.42. The highest BCUT2D eigenvalue weighted by molar-refractivity contribution is 5.73. The highest BCUT2D eigenvalue weighted by Gasteiger charge is 2.19. The molecule has 0 saturated carbocycles. The SMILES string of the molecule is CCCCCCC(CCCCCC)OC(=O)CCCCCCCN(CCCCCCCC(=O)OCC(CCCCC)CCCCC)CCCNc1c(NC)c(=O)c1=O. The third-order valence-electron chi connectivity index (χ3n) is 11.8. The first-order valence-corrected chi connectivity index (χ1v) is 24.6. The zero-order valence-corrected chi connectivity index (χ0v) is 38.5. The molecule has 0 bridgehead atoms. The highest BCUT2D eigenvalue weighted by atomic mass is 16.5. The Kier molecular flexibility index (Phi) is 34.7. The molecule has 9 nitrogen and oxygen atoms in total. The van der Waals surface area contributed by atoms with Crippen LogP contribution in [-0.4, -0.2) is 62.8 Å². The summed E-state index contributed by atoms with van der Waals surface area (Å²) in [6.07, 6.45) is 34.2. The van der Waals surface area contributed by atoms with Crippen molar-refractivity contribution in [3.05, 3.63) is 20.4 Å². The third-order valence-corrected chi connectivity index (χ3v) is 11.8. The molecule has 0 atom stereocenters. The van der Waals surface area contributed by atoms with Crippen LogP contribution in [-0.2, 0) is 19.1 Å². The molecular formula is C49H91N3O6. The Labute approximate surface area is 356 Å². The minimum Gasteiger partial charge on any atom is -0.465 e. The predicted molar refractivity (Wildman–Crippen MR) is 246 cm³/mol. The van der Waals surface area contributed by atoms with Crippen LogP contribution in [0.5, 0.6) is 0 Å². The molecule has 338 valence electrons. The number of nitrogens with one attached hydrogen (secondary N) is 2. The molecule has 0 spiro atoms. The molecule has 0 amide bonds. The second kappa shape index (κ2) is 37.6. The Balaban J connectivity index is 2.41. The average molecular weight is 818 g/mol. The van der Waals surface area contributed by atoms with E-state index in [1.54, 1.807) is 7.05 Å². The van der Waals surface area contributed by atoms with E-state index in [4.69, 9.17) is 9.47 Å². The monoisotopic (exact) mass is 818 g/mol. The molecule has 0 radical (unpaired) electrons. The van der Waals surface area contributed by atoms with E-state index >= 15 is 0 Å². The number of carbonyl (C=O) groups is 2. The van der Waals surface area contributed by atoms with Crippen molar-refractivity contribution in [2.24, 2.45) is 5.92 Å². The summed E-state index contributed by atoms with van der Waals surface area (Å²) < 4.78 is 11.7. The van der Waals surface area contributed by atoms with E-state index in [-0.39, 0.29) is 18.0 Å². The van der Waals surface area contributed by atoms with Gasteiger partial charge in [0.05, 0.1) is 6.61 Å². The maximum absolute atomic E-state index is 12.7. The number of hydrogen-bond acceptors (Lipinski definition) is 9. The zero-order chi connectivity index (χ0) is 42.5. The number of unbranched alkanes of at least 4 members (excludes halogenated alkanes) is 18. The first-order valence-electron chi connectivity index (χ1n) is 24.6. The van der Waals surface area contributed by atoms with Crippen molar-refractivity contribution in [1.82, 2.24) is 4.90 Å². The van der Waals surface area contributed by atoms with E-state index in [0.717, 1.165) is 116 Å². The Morgan fingerprint density at radius 1 is 0.517 bits per heavy atom. The number of ether oxygens (including phenoxy) is 2. The summed E-state index contributed by atoms with van der Waals surface area (Å²) >= 11 is 0. The van der Waals surface area contributed by atoms with Crippen LogP contribution in [0.2, 0.25) is 0 Å². The molecule has 1 aromatic rings. The number of nitrogens with zero attached hydrogens (tertiary/aromatic N) is 1. The van der Waals surface area contributed by atoms with Crippen LogP contribution < -0.4 is 21.5 Å². The van der Waals surface area contributed by atoms with Gasteiger partial charge in [0.15, 0.2) is 0 Å². The number of carbonyl (C=O) groups excluding carboxylic acids is 2. The van der Waals surface area contributed by atoms with E-state index in [9.17, 15) is 19.2 Å². The van der Waals surface area contributed by atoms with Crippen molar-refractivity contribution >= 4 is 23.3 Å². The summed E-state index contributed by atoms with van der Waals surface area (Å²) in [5, 5.41) is 6.01. The fraction of sp³-hybridized carbons (Fsp3) is 0.878. The van der Waals surface area contributed by atoms with E-state index in [0.29, 0.717) is 43.3 Å². The lowest BCUT2D eigenvalue weighted by Gasteiger charge is -2.23. The van der Waals surface area contributed by atoms with E-state index in [1.807, 2.05) is 0 Å². The van der Waals surface area contributed by atoms with Crippen molar-refractivity contribution in [3.8, 4) is 0 Å². The van der Waals surface area contributed by atoms with Gasteiger partial charge in [-0.05, 0) is 96.2 Å². The molecule has 0 aliphatic rings. The smallest absolute Gasteiger partial charge is 0.306 e. The molecule has 9 heteroatoms. The molecule has 0 unspecified atom stereocenters. The largest absolute Gasteiger partial charge is 0.465 e. The summed E-state index contributed by atoms with van der Waals surface area (Å²) in [6.45, 7) is 13.2. The zero-order valence-electron chi connectivity index (χ0n) is 38.5. The minimum atomic E-state index is -0.440. The number of anilines is 2. The molecule has 0 aliphatic carbocycles. The van der Waals surface area contributed by atoms with Gasteiger partial charge in [0.1, 0.15) is 17.5 Å².